The van der Waals surface area contributed by atoms with Crippen molar-refractivity contribution in [3.63, 3.8) is 0 Å². The topological polar surface area (TPSA) is 52.6 Å². The lowest BCUT2D eigenvalue weighted by molar-refractivity contribution is 0.0744. The first-order valence-electron chi connectivity index (χ1n) is 8.03. The summed E-state index contributed by atoms with van der Waals surface area (Å²) in [6.45, 7) is 6.67. The molecule has 1 fully saturated rings. The van der Waals surface area contributed by atoms with Crippen molar-refractivity contribution < 1.29 is 8.78 Å². The summed E-state index contributed by atoms with van der Waals surface area (Å²) < 4.78 is 24.8. The van der Waals surface area contributed by atoms with Crippen LogP contribution in [0.5, 0.6) is 0 Å². The summed E-state index contributed by atoms with van der Waals surface area (Å²) in [4.78, 5) is 11.9. The highest BCUT2D eigenvalue weighted by Crippen LogP contribution is 2.13. The summed E-state index contributed by atoms with van der Waals surface area (Å²) >= 11 is 1.65. The number of thiazole rings is 1. The van der Waals surface area contributed by atoms with Crippen LogP contribution in [0.25, 0.3) is 0 Å². The molecule has 1 aromatic rings. The Kier molecular flexibility index (Phi) is 9.98. The molecule has 0 atom stereocenters. The molecule has 0 unspecified atom stereocenters. The molecular formula is C15H26F2IN5S. The molecule has 2 rings (SSSR count). The minimum absolute atomic E-state index is 0. The minimum atomic E-state index is -2.25. The lowest BCUT2D eigenvalue weighted by atomic mass is 10.1. The molecule has 24 heavy (non-hydrogen) atoms. The van der Waals surface area contributed by atoms with Gasteiger partial charge in [0, 0.05) is 36.8 Å². The number of halogens is 3. The van der Waals surface area contributed by atoms with E-state index in [0.717, 1.165) is 30.4 Å². The van der Waals surface area contributed by atoms with E-state index in [1.54, 1.807) is 11.3 Å². The van der Waals surface area contributed by atoms with Crippen molar-refractivity contribution >= 4 is 41.3 Å². The standard InChI is InChI=1S/C15H25F2N5S.HI/c1-3-18-15(20-9-14-19-8-11(2)23-14)21-12-4-6-22(7-5-12)10-13(16)17;/h8,12-13H,3-7,9-10H2,1-2H3,(H2,18,20,21);1H. The van der Waals surface area contributed by atoms with Crippen molar-refractivity contribution in [2.45, 2.75) is 45.7 Å². The van der Waals surface area contributed by atoms with Gasteiger partial charge in [-0.15, -0.1) is 35.3 Å². The third-order valence-electron chi connectivity index (χ3n) is 3.71. The summed E-state index contributed by atoms with van der Waals surface area (Å²) in [5, 5.41) is 7.63. The molecule has 0 aromatic carbocycles. The highest BCUT2D eigenvalue weighted by Gasteiger charge is 2.21. The number of alkyl halides is 2. The normalized spacial score (nSPS) is 17.0. The van der Waals surface area contributed by atoms with Crippen LogP contribution in [-0.2, 0) is 6.54 Å². The van der Waals surface area contributed by atoms with Gasteiger partial charge >= 0.3 is 0 Å². The van der Waals surface area contributed by atoms with Crippen molar-refractivity contribution in [3.05, 3.63) is 16.1 Å². The van der Waals surface area contributed by atoms with Crippen LogP contribution < -0.4 is 10.6 Å². The number of aliphatic imine (C=N–C) groups is 1. The highest BCUT2D eigenvalue weighted by atomic mass is 127. The zero-order valence-corrected chi connectivity index (χ0v) is 17.2. The first-order chi connectivity index (χ1) is 11.1. The van der Waals surface area contributed by atoms with Gasteiger partial charge in [0.25, 0.3) is 6.43 Å². The Bertz CT molecular complexity index is 504. The number of aromatic nitrogens is 1. The molecular weight excluding hydrogens is 447 g/mol. The summed E-state index contributed by atoms with van der Waals surface area (Å²) in [6, 6.07) is 0.278. The van der Waals surface area contributed by atoms with Gasteiger partial charge in [-0.2, -0.15) is 0 Å². The Morgan fingerprint density at radius 1 is 1.46 bits per heavy atom. The van der Waals surface area contributed by atoms with Gasteiger partial charge in [0.15, 0.2) is 5.96 Å². The van der Waals surface area contributed by atoms with Gasteiger partial charge in [-0.25, -0.2) is 18.8 Å². The van der Waals surface area contributed by atoms with Gasteiger partial charge < -0.3 is 10.6 Å². The van der Waals surface area contributed by atoms with Crippen LogP contribution in [-0.4, -0.2) is 54.5 Å². The zero-order chi connectivity index (χ0) is 16.7. The lowest BCUT2D eigenvalue weighted by Crippen LogP contribution is -2.49. The van der Waals surface area contributed by atoms with Crippen LogP contribution >= 0.6 is 35.3 Å². The molecule has 0 saturated carbocycles. The quantitative estimate of drug-likeness (QED) is 0.379. The Morgan fingerprint density at radius 3 is 2.71 bits per heavy atom. The molecule has 0 radical (unpaired) electrons. The van der Waals surface area contributed by atoms with Crippen molar-refractivity contribution in [3.8, 4) is 0 Å². The molecule has 1 saturated heterocycles. The van der Waals surface area contributed by atoms with E-state index in [1.807, 2.05) is 24.9 Å². The van der Waals surface area contributed by atoms with Gasteiger partial charge in [-0.3, -0.25) is 4.90 Å². The Labute approximate surface area is 163 Å². The SMILES string of the molecule is CCNC(=NCc1ncc(C)s1)NC1CCN(CC(F)F)CC1.I. The molecule has 0 bridgehead atoms. The molecule has 0 aliphatic carbocycles. The molecule has 5 nitrogen and oxygen atoms in total. The molecule has 1 aliphatic heterocycles. The lowest BCUT2D eigenvalue weighted by Gasteiger charge is -2.32. The number of nitrogens with zero attached hydrogens (tertiary/aromatic N) is 3. The fourth-order valence-electron chi connectivity index (χ4n) is 2.59. The molecule has 2 N–H and O–H groups in total. The van der Waals surface area contributed by atoms with Crippen LogP contribution in [0.3, 0.4) is 0 Å². The smallest absolute Gasteiger partial charge is 0.251 e. The van der Waals surface area contributed by atoms with E-state index in [0.29, 0.717) is 19.6 Å². The Balaban J connectivity index is 0.00000288. The van der Waals surface area contributed by atoms with E-state index in [9.17, 15) is 8.78 Å². The number of aryl methyl sites for hydroxylation is 1. The van der Waals surface area contributed by atoms with E-state index < -0.39 is 6.43 Å². The van der Waals surface area contributed by atoms with Crippen molar-refractivity contribution in [1.29, 1.82) is 0 Å². The van der Waals surface area contributed by atoms with Crippen LogP contribution in [0.2, 0.25) is 0 Å². The number of hydrogen-bond acceptors (Lipinski definition) is 4. The minimum Gasteiger partial charge on any atom is -0.357 e. The molecule has 138 valence electrons. The predicted molar refractivity (Wildman–Crippen MR) is 106 cm³/mol. The molecule has 1 aliphatic rings. The number of guanidine groups is 1. The molecule has 2 heterocycles. The second-order valence-electron chi connectivity index (χ2n) is 5.67. The van der Waals surface area contributed by atoms with Crippen molar-refractivity contribution in [1.82, 2.24) is 20.5 Å². The highest BCUT2D eigenvalue weighted by molar-refractivity contribution is 14.0. The summed E-state index contributed by atoms with van der Waals surface area (Å²) in [6.07, 6.45) is 1.32. The van der Waals surface area contributed by atoms with Crippen molar-refractivity contribution in [2.24, 2.45) is 4.99 Å². The van der Waals surface area contributed by atoms with E-state index >= 15 is 0 Å². The van der Waals surface area contributed by atoms with E-state index in [-0.39, 0.29) is 36.6 Å². The van der Waals surface area contributed by atoms with E-state index in [4.69, 9.17) is 0 Å². The van der Waals surface area contributed by atoms with E-state index in [2.05, 4.69) is 20.6 Å². The van der Waals surface area contributed by atoms with Crippen LogP contribution in [0.15, 0.2) is 11.2 Å². The molecule has 0 spiro atoms. The van der Waals surface area contributed by atoms with Gasteiger partial charge in [0.05, 0.1) is 13.1 Å². The van der Waals surface area contributed by atoms with Crippen LogP contribution in [0.1, 0.15) is 29.7 Å². The average Bonchev–Trinajstić information content (AvgIpc) is 2.92. The summed E-state index contributed by atoms with van der Waals surface area (Å²) in [7, 11) is 0. The molecule has 0 amide bonds. The second-order valence-corrected chi connectivity index (χ2v) is 6.99. The number of likely N-dealkylation sites (tertiary alicyclic amines) is 1. The predicted octanol–water partition coefficient (Wildman–Crippen LogP) is 2.85. The summed E-state index contributed by atoms with van der Waals surface area (Å²) in [5.41, 5.74) is 0. The number of piperidine rings is 1. The first-order valence-corrected chi connectivity index (χ1v) is 8.85. The van der Waals surface area contributed by atoms with Crippen LogP contribution in [0.4, 0.5) is 8.78 Å². The fraction of sp³-hybridized carbons (Fsp3) is 0.733. The first kappa shape index (κ1) is 21.5. The maximum absolute atomic E-state index is 12.4. The van der Waals surface area contributed by atoms with Crippen molar-refractivity contribution in [2.75, 3.05) is 26.2 Å². The largest absolute Gasteiger partial charge is 0.357 e. The van der Waals surface area contributed by atoms with Gasteiger partial charge in [-0.1, -0.05) is 0 Å². The fourth-order valence-corrected chi connectivity index (χ4v) is 3.30. The third kappa shape index (κ3) is 7.56. The van der Waals surface area contributed by atoms with Gasteiger partial charge in [0.1, 0.15) is 5.01 Å². The summed E-state index contributed by atoms with van der Waals surface area (Å²) in [5.74, 6) is 0.771. The van der Waals surface area contributed by atoms with E-state index in [1.165, 1.54) is 4.88 Å². The molecule has 9 heteroatoms. The van der Waals surface area contributed by atoms with Crippen LogP contribution in [0, 0.1) is 6.92 Å². The van der Waals surface area contributed by atoms with Gasteiger partial charge in [-0.05, 0) is 26.7 Å². The Hall–Kier alpha value is -0.550. The second kappa shape index (κ2) is 11.1. The van der Waals surface area contributed by atoms with Gasteiger partial charge in [0.2, 0.25) is 0 Å². The maximum Gasteiger partial charge on any atom is 0.251 e. The Morgan fingerprint density at radius 2 is 2.17 bits per heavy atom. The third-order valence-corrected chi connectivity index (χ3v) is 4.61. The monoisotopic (exact) mass is 473 g/mol. The number of rotatable bonds is 6. The number of nitrogens with one attached hydrogen (secondary N) is 2. The zero-order valence-electron chi connectivity index (χ0n) is 14.1. The maximum atomic E-state index is 12.4. The average molecular weight is 473 g/mol. The number of hydrogen-bond donors (Lipinski definition) is 2. The molecule has 1 aromatic heterocycles.